The van der Waals surface area contributed by atoms with Crippen LogP contribution in [-0.2, 0) is 15.9 Å². The van der Waals surface area contributed by atoms with Crippen LogP contribution in [-0.4, -0.2) is 24.0 Å². The molecule has 96 valence electrons. The predicted octanol–water partition coefficient (Wildman–Crippen LogP) is 2.19. The van der Waals surface area contributed by atoms with Gasteiger partial charge in [0.1, 0.15) is 0 Å². The Morgan fingerprint density at radius 1 is 1.39 bits per heavy atom. The molecule has 6 heteroatoms. The minimum Gasteiger partial charge on any atom is -0.408 e. The van der Waals surface area contributed by atoms with Gasteiger partial charge in [-0.05, 0) is 24.6 Å². The lowest BCUT2D eigenvalue weighted by molar-refractivity contribution is -0.140. The second-order valence-corrected chi connectivity index (χ2v) is 5.32. The van der Waals surface area contributed by atoms with E-state index in [0.29, 0.717) is 30.7 Å². The topological polar surface area (TPSA) is 64.5 Å². The average Bonchev–Trinajstić information content (AvgIpc) is 2.85. The molecule has 0 amide bonds. The van der Waals surface area contributed by atoms with E-state index in [2.05, 4.69) is 20.9 Å². The molecule has 5 nitrogen and oxygen atoms in total. The van der Waals surface area contributed by atoms with Gasteiger partial charge in [0.15, 0.2) is 11.4 Å². The first-order chi connectivity index (χ1) is 8.56. The number of aromatic amines is 1. The van der Waals surface area contributed by atoms with Crippen molar-refractivity contribution >= 4 is 27.0 Å². The Hall–Kier alpha value is -1.11. The summed E-state index contributed by atoms with van der Waals surface area (Å²) in [6, 6.07) is 3.65. The molecule has 1 aromatic carbocycles. The zero-order valence-electron chi connectivity index (χ0n) is 9.79. The van der Waals surface area contributed by atoms with Crippen LogP contribution in [0, 0.1) is 0 Å². The number of H-pyrrole nitrogens is 1. The van der Waals surface area contributed by atoms with Gasteiger partial charge in [0, 0.05) is 10.9 Å². The second-order valence-electron chi connectivity index (χ2n) is 4.46. The first-order valence-corrected chi connectivity index (χ1v) is 6.44. The van der Waals surface area contributed by atoms with E-state index in [9.17, 15) is 4.79 Å². The van der Waals surface area contributed by atoms with E-state index in [1.165, 1.54) is 0 Å². The Kier molecular flexibility index (Phi) is 2.80. The van der Waals surface area contributed by atoms with Crippen LogP contribution >= 0.6 is 15.9 Å². The van der Waals surface area contributed by atoms with E-state index in [4.69, 9.17) is 13.9 Å². The lowest BCUT2D eigenvalue weighted by atomic mass is 10.1. The standard InChI is InChI=1S/C12H12BrNO4/c1-12(16-2-3-17-12)6-7-4-9-10(5-8(7)13)18-11(15)14-9/h4-5H,2-3,6H2,1H3,(H,14,15). The first kappa shape index (κ1) is 12.0. The zero-order valence-corrected chi connectivity index (χ0v) is 11.4. The molecule has 2 heterocycles. The Morgan fingerprint density at radius 3 is 2.83 bits per heavy atom. The zero-order chi connectivity index (χ0) is 12.8. The maximum atomic E-state index is 11.1. The molecule has 1 saturated heterocycles. The van der Waals surface area contributed by atoms with Crippen LogP contribution in [0.3, 0.4) is 0 Å². The number of fused-ring (bicyclic) bond motifs is 1. The SMILES string of the molecule is CC1(Cc2cc3[nH]c(=O)oc3cc2Br)OCCO1. The highest BCUT2D eigenvalue weighted by Gasteiger charge is 2.31. The van der Waals surface area contributed by atoms with Gasteiger partial charge in [0.2, 0.25) is 0 Å². The maximum Gasteiger partial charge on any atom is 0.417 e. The molecule has 0 unspecified atom stereocenters. The number of rotatable bonds is 2. The highest BCUT2D eigenvalue weighted by Crippen LogP contribution is 2.30. The molecule has 1 aromatic heterocycles. The van der Waals surface area contributed by atoms with Crippen LogP contribution in [0.4, 0.5) is 0 Å². The van der Waals surface area contributed by atoms with Crippen LogP contribution in [0.5, 0.6) is 0 Å². The molecule has 0 aliphatic carbocycles. The summed E-state index contributed by atoms with van der Waals surface area (Å²) in [5, 5.41) is 0. The summed E-state index contributed by atoms with van der Waals surface area (Å²) in [5.74, 6) is -1.05. The molecule has 18 heavy (non-hydrogen) atoms. The van der Waals surface area contributed by atoms with Crippen molar-refractivity contribution in [2.75, 3.05) is 13.2 Å². The molecule has 1 N–H and O–H groups in total. The van der Waals surface area contributed by atoms with Gasteiger partial charge in [-0.25, -0.2) is 4.79 Å². The van der Waals surface area contributed by atoms with Crippen molar-refractivity contribution in [1.82, 2.24) is 4.98 Å². The van der Waals surface area contributed by atoms with Crippen molar-refractivity contribution < 1.29 is 13.9 Å². The third kappa shape index (κ3) is 2.11. The summed E-state index contributed by atoms with van der Waals surface area (Å²) in [7, 11) is 0. The van der Waals surface area contributed by atoms with E-state index < -0.39 is 11.5 Å². The van der Waals surface area contributed by atoms with E-state index >= 15 is 0 Å². The molecule has 1 aliphatic rings. The number of benzene rings is 1. The molecule has 0 atom stereocenters. The van der Waals surface area contributed by atoms with Crippen molar-refractivity contribution in [3.05, 3.63) is 32.7 Å². The van der Waals surface area contributed by atoms with Crippen LogP contribution in [0.2, 0.25) is 0 Å². The molecule has 1 aliphatic heterocycles. The predicted molar refractivity (Wildman–Crippen MR) is 68.5 cm³/mol. The fourth-order valence-corrected chi connectivity index (χ4v) is 2.62. The lowest BCUT2D eigenvalue weighted by Gasteiger charge is -2.22. The summed E-state index contributed by atoms with van der Waals surface area (Å²) in [6.07, 6.45) is 0.608. The van der Waals surface area contributed by atoms with Gasteiger partial charge in [-0.15, -0.1) is 0 Å². The van der Waals surface area contributed by atoms with Gasteiger partial charge < -0.3 is 13.9 Å². The first-order valence-electron chi connectivity index (χ1n) is 5.65. The molecule has 1 fully saturated rings. The van der Waals surface area contributed by atoms with Crippen molar-refractivity contribution in [1.29, 1.82) is 0 Å². The van der Waals surface area contributed by atoms with Gasteiger partial charge in [0.05, 0.1) is 18.7 Å². The monoisotopic (exact) mass is 313 g/mol. The third-order valence-corrected chi connectivity index (χ3v) is 3.74. The molecule has 0 saturated carbocycles. The summed E-state index contributed by atoms with van der Waals surface area (Å²) in [4.78, 5) is 13.8. The van der Waals surface area contributed by atoms with Gasteiger partial charge >= 0.3 is 5.76 Å². The number of nitrogens with one attached hydrogen (secondary N) is 1. The number of oxazole rings is 1. The van der Waals surface area contributed by atoms with E-state index in [-0.39, 0.29) is 0 Å². The summed E-state index contributed by atoms with van der Waals surface area (Å²) in [6.45, 7) is 3.13. The largest absolute Gasteiger partial charge is 0.417 e. The quantitative estimate of drug-likeness (QED) is 0.923. The van der Waals surface area contributed by atoms with Gasteiger partial charge in [-0.1, -0.05) is 15.9 Å². The Balaban J connectivity index is 2.00. The summed E-state index contributed by atoms with van der Waals surface area (Å²) < 4.78 is 17.0. The van der Waals surface area contributed by atoms with Crippen molar-refractivity contribution in [3.63, 3.8) is 0 Å². The van der Waals surface area contributed by atoms with Crippen LogP contribution in [0.25, 0.3) is 11.1 Å². The maximum absolute atomic E-state index is 11.1. The summed E-state index contributed by atoms with van der Waals surface area (Å²) in [5.41, 5.74) is 2.22. The highest BCUT2D eigenvalue weighted by atomic mass is 79.9. The number of hydrogen-bond acceptors (Lipinski definition) is 4. The number of ether oxygens (including phenoxy) is 2. The molecule has 2 aromatic rings. The molecular formula is C12H12BrNO4. The van der Waals surface area contributed by atoms with Crippen molar-refractivity contribution in [2.45, 2.75) is 19.1 Å². The van der Waals surface area contributed by atoms with Gasteiger partial charge in [-0.2, -0.15) is 0 Å². The van der Waals surface area contributed by atoms with Gasteiger partial charge in [0.25, 0.3) is 0 Å². The van der Waals surface area contributed by atoms with Crippen LogP contribution in [0.1, 0.15) is 12.5 Å². The lowest BCUT2D eigenvalue weighted by Crippen LogP contribution is -2.28. The van der Waals surface area contributed by atoms with E-state index in [0.717, 1.165) is 10.0 Å². The fraction of sp³-hybridized carbons (Fsp3) is 0.417. The van der Waals surface area contributed by atoms with Crippen molar-refractivity contribution in [3.8, 4) is 0 Å². The molecule has 0 radical (unpaired) electrons. The smallest absolute Gasteiger partial charge is 0.408 e. The minimum absolute atomic E-state index is 0.450. The van der Waals surface area contributed by atoms with E-state index in [1.807, 2.05) is 13.0 Å². The van der Waals surface area contributed by atoms with E-state index in [1.54, 1.807) is 6.07 Å². The van der Waals surface area contributed by atoms with Crippen LogP contribution in [0.15, 0.2) is 25.8 Å². The summed E-state index contributed by atoms with van der Waals surface area (Å²) >= 11 is 3.47. The number of hydrogen-bond donors (Lipinski definition) is 1. The Labute approximate surface area is 111 Å². The number of aromatic nitrogens is 1. The molecule has 0 bridgehead atoms. The minimum atomic E-state index is -0.597. The van der Waals surface area contributed by atoms with Crippen molar-refractivity contribution in [2.24, 2.45) is 0 Å². The third-order valence-electron chi connectivity index (χ3n) is 3.00. The Bertz CT molecular complexity index is 639. The Morgan fingerprint density at radius 2 is 2.11 bits per heavy atom. The average molecular weight is 314 g/mol. The second kappa shape index (κ2) is 4.22. The van der Waals surface area contributed by atoms with Gasteiger partial charge in [-0.3, -0.25) is 4.98 Å². The molecular weight excluding hydrogens is 302 g/mol. The fourth-order valence-electron chi connectivity index (χ4n) is 2.16. The molecule has 0 spiro atoms. The highest BCUT2D eigenvalue weighted by molar-refractivity contribution is 9.10. The molecule has 3 rings (SSSR count). The van der Waals surface area contributed by atoms with Crippen LogP contribution < -0.4 is 5.76 Å². The normalized spacial score (nSPS) is 18.6. The number of halogens is 1.